The molecule has 0 aromatic heterocycles. The van der Waals surface area contributed by atoms with E-state index in [2.05, 4.69) is 5.32 Å². The zero-order valence-corrected chi connectivity index (χ0v) is 17.3. The van der Waals surface area contributed by atoms with Crippen LogP contribution in [0.4, 0.5) is 4.79 Å². The van der Waals surface area contributed by atoms with Gasteiger partial charge in [-0.2, -0.15) is 0 Å². The van der Waals surface area contributed by atoms with E-state index in [4.69, 9.17) is 15.2 Å². The van der Waals surface area contributed by atoms with Gasteiger partial charge in [-0.15, -0.1) is 0 Å². The van der Waals surface area contributed by atoms with E-state index in [1.807, 2.05) is 48.5 Å². The Morgan fingerprint density at radius 1 is 1.00 bits per heavy atom. The Morgan fingerprint density at radius 2 is 1.53 bits per heavy atom. The van der Waals surface area contributed by atoms with Gasteiger partial charge in [0.1, 0.15) is 18.2 Å². The quantitative estimate of drug-likeness (QED) is 0.712. The lowest BCUT2D eigenvalue weighted by Crippen LogP contribution is -2.46. The molecule has 0 fully saturated rings. The number of ether oxygens (including phenoxy) is 2. The molecular weight excluding hydrogens is 384 g/mol. The number of benzene rings is 2. The van der Waals surface area contributed by atoms with Crippen molar-refractivity contribution >= 4 is 18.0 Å². The predicted octanol–water partition coefficient (Wildman–Crippen LogP) is 3.11. The van der Waals surface area contributed by atoms with Crippen LogP contribution < -0.4 is 11.1 Å². The fourth-order valence-electron chi connectivity index (χ4n) is 3.55. The molecule has 2 aromatic carbocycles. The van der Waals surface area contributed by atoms with Crippen LogP contribution in [0.15, 0.2) is 48.5 Å². The van der Waals surface area contributed by atoms with Crippen molar-refractivity contribution in [2.24, 2.45) is 5.73 Å². The van der Waals surface area contributed by atoms with Gasteiger partial charge in [-0.3, -0.25) is 4.79 Å². The summed E-state index contributed by atoms with van der Waals surface area (Å²) < 4.78 is 10.7. The van der Waals surface area contributed by atoms with E-state index >= 15 is 0 Å². The molecule has 158 valence electrons. The van der Waals surface area contributed by atoms with E-state index < -0.39 is 29.6 Å². The molecule has 0 bridgehead atoms. The Labute approximate surface area is 175 Å². The minimum atomic E-state index is -1.21. The Balaban J connectivity index is 1.68. The summed E-state index contributed by atoms with van der Waals surface area (Å²) in [6.45, 7) is 5.18. The van der Waals surface area contributed by atoms with Gasteiger partial charge in [0, 0.05) is 5.92 Å². The van der Waals surface area contributed by atoms with Crippen molar-refractivity contribution in [3.05, 3.63) is 59.7 Å². The molecule has 2 amide bonds. The Hall–Kier alpha value is -3.35. The van der Waals surface area contributed by atoms with Gasteiger partial charge in [-0.05, 0) is 43.0 Å². The van der Waals surface area contributed by atoms with Gasteiger partial charge in [0.2, 0.25) is 5.91 Å². The molecule has 1 aliphatic rings. The number of esters is 1. The first kappa shape index (κ1) is 21.4. The first-order valence-electron chi connectivity index (χ1n) is 9.78. The summed E-state index contributed by atoms with van der Waals surface area (Å²) >= 11 is 0. The molecule has 1 atom stereocenters. The highest BCUT2D eigenvalue weighted by molar-refractivity contribution is 5.87. The monoisotopic (exact) mass is 410 g/mol. The molecule has 3 N–H and O–H groups in total. The van der Waals surface area contributed by atoms with Crippen LogP contribution in [0.5, 0.6) is 0 Å². The molecule has 0 spiro atoms. The second-order valence-corrected chi connectivity index (χ2v) is 8.23. The first-order valence-corrected chi connectivity index (χ1v) is 9.78. The van der Waals surface area contributed by atoms with Crippen LogP contribution in [0, 0.1) is 0 Å². The third-order valence-corrected chi connectivity index (χ3v) is 4.73. The number of hydrogen-bond acceptors (Lipinski definition) is 5. The van der Waals surface area contributed by atoms with Crippen LogP contribution >= 0.6 is 0 Å². The zero-order valence-electron chi connectivity index (χ0n) is 17.3. The number of amides is 2. The lowest BCUT2D eigenvalue weighted by molar-refractivity contribution is -0.158. The third-order valence-electron chi connectivity index (χ3n) is 4.73. The van der Waals surface area contributed by atoms with E-state index in [0.29, 0.717) is 0 Å². The van der Waals surface area contributed by atoms with Crippen molar-refractivity contribution in [3.8, 4) is 11.1 Å². The molecule has 7 heteroatoms. The van der Waals surface area contributed by atoms with Crippen LogP contribution in [0.3, 0.4) is 0 Å². The molecule has 0 radical (unpaired) electrons. The molecule has 3 rings (SSSR count). The molecule has 30 heavy (non-hydrogen) atoms. The maximum atomic E-state index is 12.4. The number of nitrogens with one attached hydrogen (secondary N) is 1. The third kappa shape index (κ3) is 4.97. The summed E-state index contributed by atoms with van der Waals surface area (Å²) in [6, 6.07) is 14.7. The summed E-state index contributed by atoms with van der Waals surface area (Å²) in [4.78, 5) is 36.0. The lowest BCUT2D eigenvalue weighted by atomic mass is 9.98. The van der Waals surface area contributed by atoms with E-state index in [1.54, 1.807) is 20.8 Å². The largest absolute Gasteiger partial charge is 0.458 e. The average Bonchev–Trinajstić information content (AvgIpc) is 2.98. The molecule has 1 aliphatic carbocycles. The van der Waals surface area contributed by atoms with Crippen molar-refractivity contribution < 1.29 is 23.9 Å². The molecule has 2 aromatic rings. The fraction of sp³-hybridized carbons (Fsp3) is 0.348. The van der Waals surface area contributed by atoms with Crippen molar-refractivity contribution in [1.29, 1.82) is 0 Å². The van der Waals surface area contributed by atoms with Crippen molar-refractivity contribution in [2.75, 3.05) is 6.61 Å². The SMILES string of the molecule is CC(C)(C)OC(=O)[C@H](CC(N)=O)NC(=O)OCC1c2ccccc2-c2ccccc21. The second-order valence-electron chi connectivity index (χ2n) is 8.23. The number of carbonyl (C=O) groups excluding carboxylic acids is 3. The van der Waals surface area contributed by atoms with Crippen LogP contribution in [-0.4, -0.2) is 36.2 Å². The van der Waals surface area contributed by atoms with Gasteiger partial charge in [0.15, 0.2) is 0 Å². The molecule has 0 aliphatic heterocycles. The van der Waals surface area contributed by atoms with Gasteiger partial charge in [-0.25, -0.2) is 9.59 Å². The molecular formula is C23H26N2O5. The van der Waals surface area contributed by atoms with Gasteiger partial charge >= 0.3 is 12.1 Å². The highest BCUT2D eigenvalue weighted by atomic mass is 16.6. The van der Waals surface area contributed by atoms with Crippen molar-refractivity contribution in [3.63, 3.8) is 0 Å². The Kier molecular flexibility index (Phi) is 6.10. The summed E-state index contributed by atoms with van der Waals surface area (Å²) in [6.07, 6.45) is -1.19. The summed E-state index contributed by atoms with van der Waals surface area (Å²) in [5, 5.41) is 2.41. The Bertz CT molecular complexity index is 919. The highest BCUT2D eigenvalue weighted by Crippen LogP contribution is 2.44. The maximum Gasteiger partial charge on any atom is 0.407 e. The van der Waals surface area contributed by atoms with Gasteiger partial charge in [0.25, 0.3) is 0 Å². The number of fused-ring (bicyclic) bond motifs is 3. The molecule has 0 saturated heterocycles. The number of rotatable bonds is 6. The number of alkyl carbamates (subject to hydrolysis) is 1. The minimum Gasteiger partial charge on any atom is -0.458 e. The van der Waals surface area contributed by atoms with Crippen LogP contribution in [-0.2, 0) is 19.1 Å². The van der Waals surface area contributed by atoms with E-state index in [-0.39, 0.29) is 18.9 Å². The smallest absolute Gasteiger partial charge is 0.407 e. The van der Waals surface area contributed by atoms with E-state index in [1.165, 1.54) is 0 Å². The highest BCUT2D eigenvalue weighted by Gasteiger charge is 2.31. The predicted molar refractivity (Wildman–Crippen MR) is 112 cm³/mol. The fourth-order valence-corrected chi connectivity index (χ4v) is 3.55. The van der Waals surface area contributed by atoms with Gasteiger partial charge in [-0.1, -0.05) is 48.5 Å². The minimum absolute atomic E-state index is 0.0947. The average molecular weight is 410 g/mol. The van der Waals surface area contributed by atoms with E-state index in [9.17, 15) is 14.4 Å². The summed E-state index contributed by atoms with van der Waals surface area (Å²) in [7, 11) is 0. The lowest BCUT2D eigenvalue weighted by Gasteiger charge is -2.24. The number of hydrogen-bond donors (Lipinski definition) is 2. The topological polar surface area (TPSA) is 108 Å². The van der Waals surface area contributed by atoms with Crippen LogP contribution in [0.2, 0.25) is 0 Å². The molecule has 7 nitrogen and oxygen atoms in total. The number of nitrogens with two attached hydrogens (primary N) is 1. The normalized spacial score (nSPS) is 13.7. The number of carbonyl (C=O) groups is 3. The number of primary amides is 1. The molecule has 0 heterocycles. The zero-order chi connectivity index (χ0) is 21.9. The molecule has 0 unspecified atom stereocenters. The Morgan fingerprint density at radius 3 is 2.03 bits per heavy atom. The van der Waals surface area contributed by atoms with Crippen LogP contribution in [0.25, 0.3) is 11.1 Å². The second kappa shape index (κ2) is 8.57. The standard InChI is InChI=1S/C23H26N2O5/c1-23(2,3)30-21(27)19(12-20(24)26)25-22(28)29-13-18-16-10-6-4-8-14(16)15-9-5-7-11-17(15)18/h4-11,18-19H,12-13H2,1-3H3,(H2,24,26)(H,25,28)/t19-/m0/s1. The molecule has 0 saturated carbocycles. The van der Waals surface area contributed by atoms with Crippen molar-refractivity contribution in [2.45, 2.75) is 44.8 Å². The van der Waals surface area contributed by atoms with E-state index in [0.717, 1.165) is 22.3 Å². The van der Waals surface area contributed by atoms with Crippen molar-refractivity contribution in [1.82, 2.24) is 5.32 Å². The van der Waals surface area contributed by atoms with Gasteiger partial charge < -0.3 is 20.5 Å². The maximum absolute atomic E-state index is 12.4. The van der Waals surface area contributed by atoms with Gasteiger partial charge in [0.05, 0.1) is 6.42 Å². The van der Waals surface area contributed by atoms with Crippen LogP contribution in [0.1, 0.15) is 44.2 Å². The first-order chi connectivity index (χ1) is 14.2. The summed E-state index contributed by atoms with van der Waals surface area (Å²) in [5.41, 5.74) is 8.82. The summed E-state index contributed by atoms with van der Waals surface area (Å²) in [5.74, 6) is -1.58.